The molecule has 0 spiro atoms. The highest BCUT2D eigenvalue weighted by Crippen LogP contribution is 2.34. The molecular formula is C21H21ClFN5O2. The third-order valence-corrected chi connectivity index (χ3v) is 5.59. The van der Waals surface area contributed by atoms with Crippen LogP contribution in [0.4, 0.5) is 10.1 Å². The summed E-state index contributed by atoms with van der Waals surface area (Å²) in [4.78, 5) is 23.2. The van der Waals surface area contributed by atoms with E-state index in [1.165, 1.54) is 17.7 Å². The summed E-state index contributed by atoms with van der Waals surface area (Å²) in [5.74, 6) is 0.270. The van der Waals surface area contributed by atoms with Gasteiger partial charge in [0, 0.05) is 42.7 Å². The number of rotatable bonds is 3. The van der Waals surface area contributed by atoms with Crippen molar-refractivity contribution < 1.29 is 13.7 Å². The van der Waals surface area contributed by atoms with Crippen LogP contribution in [0.25, 0.3) is 11.4 Å². The molecule has 0 aliphatic carbocycles. The Kier molecular flexibility index (Phi) is 5.53. The molecule has 7 nitrogen and oxygen atoms in total. The molecule has 0 bridgehead atoms. The number of benzene rings is 1. The van der Waals surface area contributed by atoms with Crippen LogP contribution in [0, 0.1) is 12.7 Å². The Balaban J connectivity index is 0.00000218. The van der Waals surface area contributed by atoms with E-state index in [0.29, 0.717) is 23.9 Å². The lowest BCUT2D eigenvalue weighted by atomic mass is 9.95. The van der Waals surface area contributed by atoms with Crippen molar-refractivity contribution in [1.29, 1.82) is 0 Å². The Morgan fingerprint density at radius 2 is 2.20 bits per heavy atom. The third-order valence-electron chi connectivity index (χ3n) is 5.59. The minimum atomic E-state index is -0.370. The second-order valence-corrected chi connectivity index (χ2v) is 7.49. The van der Waals surface area contributed by atoms with Gasteiger partial charge in [0.2, 0.25) is 17.6 Å². The van der Waals surface area contributed by atoms with Gasteiger partial charge in [0.15, 0.2) is 0 Å². The molecule has 1 aromatic carbocycles. The molecule has 1 unspecified atom stereocenters. The van der Waals surface area contributed by atoms with Crippen LogP contribution in [0.2, 0.25) is 0 Å². The lowest BCUT2D eigenvalue weighted by Gasteiger charge is -2.19. The fourth-order valence-electron chi connectivity index (χ4n) is 4.14. The zero-order chi connectivity index (χ0) is 20.0. The summed E-state index contributed by atoms with van der Waals surface area (Å²) in [6.07, 6.45) is 3.03. The van der Waals surface area contributed by atoms with Crippen LogP contribution in [0.1, 0.15) is 35.1 Å². The topological polar surface area (TPSA) is 84.2 Å². The van der Waals surface area contributed by atoms with Crippen LogP contribution in [0.5, 0.6) is 0 Å². The quantitative estimate of drug-likeness (QED) is 0.688. The first-order valence-corrected chi connectivity index (χ1v) is 9.68. The number of halogens is 2. The Hall–Kier alpha value is -2.84. The van der Waals surface area contributed by atoms with Gasteiger partial charge in [-0.15, -0.1) is 12.4 Å². The van der Waals surface area contributed by atoms with Crippen molar-refractivity contribution in [2.24, 2.45) is 0 Å². The third kappa shape index (κ3) is 3.57. The van der Waals surface area contributed by atoms with Crippen LogP contribution < -0.4 is 10.2 Å². The predicted octanol–water partition coefficient (Wildman–Crippen LogP) is 3.17. The van der Waals surface area contributed by atoms with Gasteiger partial charge >= 0.3 is 0 Å². The van der Waals surface area contributed by atoms with E-state index >= 15 is 0 Å². The number of aryl methyl sites for hydroxylation is 1. The second kappa shape index (κ2) is 8.12. The van der Waals surface area contributed by atoms with E-state index in [1.807, 2.05) is 13.1 Å². The number of nitrogens with one attached hydrogen (secondary N) is 1. The number of aromatic nitrogens is 3. The number of carbonyl (C=O) groups is 1. The van der Waals surface area contributed by atoms with Crippen molar-refractivity contribution in [2.75, 3.05) is 18.0 Å². The molecule has 2 aliphatic heterocycles. The first-order chi connectivity index (χ1) is 14.1. The minimum absolute atomic E-state index is 0. The number of hydrogen-bond acceptors (Lipinski definition) is 6. The van der Waals surface area contributed by atoms with E-state index < -0.39 is 0 Å². The number of anilines is 1. The van der Waals surface area contributed by atoms with E-state index in [4.69, 9.17) is 4.52 Å². The van der Waals surface area contributed by atoms with Gasteiger partial charge in [0.25, 0.3) is 0 Å². The number of pyridine rings is 1. The van der Waals surface area contributed by atoms with Gasteiger partial charge in [-0.3, -0.25) is 9.78 Å². The van der Waals surface area contributed by atoms with Crippen molar-refractivity contribution in [1.82, 2.24) is 20.4 Å². The van der Waals surface area contributed by atoms with Gasteiger partial charge in [-0.2, -0.15) is 4.98 Å². The summed E-state index contributed by atoms with van der Waals surface area (Å²) in [6, 6.07) is 6.04. The number of nitrogens with zero attached hydrogens (tertiary/aromatic N) is 4. The summed E-state index contributed by atoms with van der Waals surface area (Å²) >= 11 is 0. The van der Waals surface area contributed by atoms with E-state index in [-0.39, 0.29) is 36.5 Å². The summed E-state index contributed by atoms with van der Waals surface area (Å²) in [5, 5.41) is 7.54. The van der Waals surface area contributed by atoms with Gasteiger partial charge in [-0.25, -0.2) is 4.39 Å². The normalized spacial score (nSPS) is 18.3. The van der Waals surface area contributed by atoms with E-state index in [0.717, 1.165) is 36.3 Å². The van der Waals surface area contributed by atoms with Gasteiger partial charge in [-0.1, -0.05) is 11.2 Å². The predicted molar refractivity (Wildman–Crippen MR) is 111 cm³/mol. The van der Waals surface area contributed by atoms with E-state index in [9.17, 15) is 9.18 Å². The average molecular weight is 430 g/mol. The fourth-order valence-corrected chi connectivity index (χ4v) is 4.14. The van der Waals surface area contributed by atoms with Crippen LogP contribution in [-0.4, -0.2) is 34.1 Å². The maximum Gasteiger partial charge on any atom is 0.232 e. The Labute approximate surface area is 179 Å². The van der Waals surface area contributed by atoms with Gasteiger partial charge in [0.05, 0.1) is 5.92 Å². The summed E-state index contributed by atoms with van der Waals surface area (Å²) in [6.45, 7) is 4.00. The van der Waals surface area contributed by atoms with Crippen molar-refractivity contribution in [3.8, 4) is 11.4 Å². The second-order valence-electron chi connectivity index (χ2n) is 7.49. The molecule has 0 radical (unpaired) electrons. The monoisotopic (exact) mass is 429 g/mol. The largest absolute Gasteiger partial charge is 0.339 e. The van der Waals surface area contributed by atoms with Crippen molar-refractivity contribution >= 4 is 24.0 Å². The molecule has 4 heterocycles. The SMILES string of the molecule is Cc1ncc2c(c1-c1noc(C3CC(=O)N(c4cccc(F)c4)C3)n1)CCNC2.Cl. The highest BCUT2D eigenvalue weighted by molar-refractivity contribution is 5.96. The smallest absolute Gasteiger partial charge is 0.232 e. The number of amides is 1. The molecule has 1 amide bonds. The van der Waals surface area contributed by atoms with Crippen LogP contribution >= 0.6 is 12.4 Å². The molecular weight excluding hydrogens is 409 g/mol. The molecule has 1 atom stereocenters. The van der Waals surface area contributed by atoms with Gasteiger partial charge in [0.1, 0.15) is 5.82 Å². The molecule has 156 valence electrons. The lowest BCUT2D eigenvalue weighted by molar-refractivity contribution is -0.117. The molecule has 30 heavy (non-hydrogen) atoms. The maximum atomic E-state index is 13.5. The standard InChI is InChI=1S/C21H20FN5O2.ClH/c1-12-19(17-5-6-23-9-14(17)10-24-12)20-25-21(29-26-20)13-7-18(28)27(11-13)16-4-2-3-15(22)8-16;/h2-4,8,10,13,23H,5-7,9,11H2,1H3;1H. The molecule has 3 aromatic rings. The summed E-state index contributed by atoms with van der Waals surface area (Å²) in [5.41, 5.74) is 4.68. The van der Waals surface area contributed by atoms with Crippen molar-refractivity contribution in [2.45, 2.75) is 32.2 Å². The molecule has 1 saturated heterocycles. The van der Waals surface area contributed by atoms with Crippen molar-refractivity contribution in [3.63, 3.8) is 0 Å². The van der Waals surface area contributed by atoms with Crippen LogP contribution in [0.15, 0.2) is 35.0 Å². The Morgan fingerprint density at radius 3 is 3.03 bits per heavy atom. The molecule has 0 saturated carbocycles. The maximum absolute atomic E-state index is 13.5. The molecule has 1 fully saturated rings. The van der Waals surface area contributed by atoms with Gasteiger partial charge in [-0.05, 0) is 49.2 Å². The number of fused-ring (bicyclic) bond motifs is 1. The minimum Gasteiger partial charge on any atom is -0.339 e. The highest BCUT2D eigenvalue weighted by atomic mass is 35.5. The van der Waals surface area contributed by atoms with E-state index in [1.54, 1.807) is 17.0 Å². The summed E-state index contributed by atoms with van der Waals surface area (Å²) in [7, 11) is 0. The van der Waals surface area contributed by atoms with Crippen molar-refractivity contribution in [3.05, 3.63) is 59.0 Å². The van der Waals surface area contributed by atoms with Crippen LogP contribution in [-0.2, 0) is 17.8 Å². The van der Waals surface area contributed by atoms with Gasteiger partial charge < -0.3 is 14.7 Å². The number of hydrogen-bond donors (Lipinski definition) is 1. The average Bonchev–Trinajstić information content (AvgIpc) is 3.35. The number of carbonyl (C=O) groups excluding carboxylic acids is 1. The Bertz CT molecular complexity index is 1100. The fraction of sp³-hybridized carbons (Fsp3) is 0.333. The molecule has 1 N–H and O–H groups in total. The molecule has 2 aliphatic rings. The van der Waals surface area contributed by atoms with Crippen LogP contribution in [0.3, 0.4) is 0 Å². The first-order valence-electron chi connectivity index (χ1n) is 9.68. The molecule has 2 aromatic heterocycles. The zero-order valence-corrected chi connectivity index (χ0v) is 17.2. The zero-order valence-electron chi connectivity index (χ0n) is 16.4. The molecule has 9 heteroatoms. The summed E-state index contributed by atoms with van der Waals surface area (Å²) < 4.78 is 19.1. The lowest BCUT2D eigenvalue weighted by Crippen LogP contribution is -2.25. The van der Waals surface area contributed by atoms with E-state index in [2.05, 4.69) is 20.4 Å². The Morgan fingerprint density at radius 1 is 1.33 bits per heavy atom. The highest BCUT2D eigenvalue weighted by Gasteiger charge is 2.35. The molecule has 5 rings (SSSR count). The first kappa shape index (κ1) is 20.4.